The number of halogens is 2. The van der Waals surface area contributed by atoms with Crippen molar-refractivity contribution in [1.29, 1.82) is 0 Å². The highest BCUT2D eigenvalue weighted by Gasteiger charge is 2.34. The number of benzene rings is 2. The first-order chi connectivity index (χ1) is 21.3. The number of esters is 1. The van der Waals surface area contributed by atoms with Crippen LogP contribution in [0.25, 0.3) is 11.1 Å². The van der Waals surface area contributed by atoms with Crippen molar-refractivity contribution in [2.24, 2.45) is 13.0 Å². The smallest absolute Gasteiger partial charge is 0.308 e. The molecule has 242 valence electrons. The summed E-state index contributed by atoms with van der Waals surface area (Å²) < 4.78 is 36.8. The fourth-order valence-corrected chi connectivity index (χ4v) is 6.07. The molecule has 0 radical (unpaired) electrons. The Morgan fingerprint density at radius 3 is 2.29 bits per heavy atom. The normalized spacial score (nSPS) is 14.4. The van der Waals surface area contributed by atoms with Crippen molar-refractivity contribution in [2.75, 3.05) is 27.2 Å². The SMILES string of the molecule is CCOC(=O)C[C@H](NC(=O)C(CC1CC1)c1cc(CCN(C)C)cn(C)c1=O)c1cc(-c2c(C)cc(F)cc2C)cc(C)c1F. The molecular weight excluding hydrogens is 576 g/mol. The van der Waals surface area contributed by atoms with Crippen molar-refractivity contribution in [3.63, 3.8) is 0 Å². The minimum atomic E-state index is -1.06. The molecule has 1 aliphatic carbocycles. The van der Waals surface area contributed by atoms with Crippen molar-refractivity contribution in [2.45, 2.75) is 71.8 Å². The molecule has 1 amide bonds. The van der Waals surface area contributed by atoms with Crippen molar-refractivity contribution < 1.29 is 23.1 Å². The van der Waals surface area contributed by atoms with E-state index >= 15 is 4.39 Å². The molecule has 3 aromatic rings. The number of nitrogens with zero attached hydrogens (tertiary/aromatic N) is 2. The van der Waals surface area contributed by atoms with Crippen LogP contribution in [0.5, 0.6) is 0 Å². The van der Waals surface area contributed by atoms with Crippen LogP contribution in [0.15, 0.2) is 41.3 Å². The Morgan fingerprint density at radius 2 is 1.69 bits per heavy atom. The van der Waals surface area contributed by atoms with E-state index in [4.69, 9.17) is 4.74 Å². The monoisotopic (exact) mass is 621 g/mol. The number of carbonyl (C=O) groups is 2. The van der Waals surface area contributed by atoms with Crippen LogP contribution in [0.2, 0.25) is 0 Å². The first-order valence-electron chi connectivity index (χ1n) is 15.7. The lowest BCUT2D eigenvalue weighted by molar-refractivity contribution is -0.143. The second kappa shape index (κ2) is 14.5. The van der Waals surface area contributed by atoms with Crippen LogP contribution >= 0.6 is 0 Å². The Bertz CT molecular complexity index is 1600. The predicted molar refractivity (Wildman–Crippen MR) is 172 cm³/mol. The zero-order chi connectivity index (χ0) is 33.0. The number of hydrogen-bond acceptors (Lipinski definition) is 5. The molecule has 1 unspecified atom stereocenters. The molecule has 7 nitrogen and oxygen atoms in total. The van der Waals surface area contributed by atoms with Crippen LogP contribution in [-0.2, 0) is 27.8 Å². The fraction of sp³-hybridized carbons (Fsp3) is 0.472. The van der Waals surface area contributed by atoms with Crippen molar-refractivity contribution in [3.8, 4) is 11.1 Å². The van der Waals surface area contributed by atoms with E-state index in [0.29, 0.717) is 46.6 Å². The quantitative estimate of drug-likeness (QED) is 0.235. The number of pyridine rings is 1. The van der Waals surface area contributed by atoms with E-state index in [9.17, 15) is 18.8 Å². The van der Waals surface area contributed by atoms with Gasteiger partial charge in [0.1, 0.15) is 11.6 Å². The molecule has 0 spiro atoms. The molecule has 1 N–H and O–H groups in total. The third-order valence-corrected chi connectivity index (χ3v) is 8.51. The van der Waals surface area contributed by atoms with Gasteiger partial charge in [0.2, 0.25) is 5.91 Å². The van der Waals surface area contributed by atoms with Gasteiger partial charge >= 0.3 is 5.97 Å². The average molecular weight is 622 g/mol. The van der Waals surface area contributed by atoms with Gasteiger partial charge in [-0.2, -0.15) is 0 Å². The fourth-order valence-electron chi connectivity index (χ4n) is 6.07. The van der Waals surface area contributed by atoms with Crippen molar-refractivity contribution >= 4 is 11.9 Å². The summed E-state index contributed by atoms with van der Waals surface area (Å²) in [6.45, 7) is 7.80. The molecule has 1 fully saturated rings. The van der Waals surface area contributed by atoms with Gasteiger partial charge in [0.25, 0.3) is 5.56 Å². The highest BCUT2D eigenvalue weighted by molar-refractivity contribution is 5.85. The van der Waals surface area contributed by atoms with Crippen LogP contribution < -0.4 is 10.9 Å². The highest BCUT2D eigenvalue weighted by atomic mass is 19.1. The zero-order valence-electron chi connectivity index (χ0n) is 27.4. The lowest BCUT2D eigenvalue weighted by Gasteiger charge is -2.25. The first-order valence-corrected chi connectivity index (χ1v) is 15.7. The summed E-state index contributed by atoms with van der Waals surface area (Å²) in [5, 5.41) is 2.96. The third-order valence-electron chi connectivity index (χ3n) is 8.51. The van der Waals surface area contributed by atoms with Crippen LogP contribution in [0, 0.1) is 38.3 Å². The molecule has 9 heteroatoms. The number of likely N-dealkylation sites (N-methyl/N-ethyl adjacent to an activating group) is 1. The summed E-state index contributed by atoms with van der Waals surface area (Å²) in [7, 11) is 5.64. The van der Waals surface area contributed by atoms with E-state index in [1.165, 1.54) is 16.7 Å². The Morgan fingerprint density at radius 1 is 1.02 bits per heavy atom. The maximum atomic E-state index is 15.9. The number of ether oxygens (including phenoxy) is 1. The maximum absolute atomic E-state index is 15.9. The summed E-state index contributed by atoms with van der Waals surface area (Å²) in [5.41, 5.74) is 4.32. The number of aryl methyl sites for hydroxylation is 4. The Hall–Kier alpha value is -3.85. The van der Waals surface area contributed by atoms with Gasteiger partial charge in [0, 0.05) is 30.9 Å². The van der Waals surface area contributed by atoms with Gasteiger partial charge in [-0.1, -0.05) is 12.8 Å². The van der Waals surface area contributed by atoms with E-state index in [1.54, 1.807) is 53.1 Å². The molecule has 1 aromatic heterocycles. The first kappa shape index (κ1) is 34.0. The molecule has 0 aliphatic heterocycles. The van der Waals surface area contributed by atoms with Crippen LogP contribution in [-0.4, -0.2) is 48.6 Å². The number of rotatable bonds is 13. The molecule has 0 bridgehead atoms. The summed E-state index contributed by atoms with van der Waals surface area (Å²) in [5.74, 6) is -2.39. The molecule has 2 atom stereocenters. The number of carbonyl (C=O) groups excluding carboxylic acids is 2. The summed E-state index contributed by atoms with van der Waals surface area (Å²) >= 11 is 0. The van der Waals surface area contributed by atoms with Crippen LogP contribution in [0.3, 0.4) is 0 Å². The molecule has 4 rings (SSSR count). The second-order valence-corrected chi connectivity index (χ2v) is 12.7. The maximum Gasteiger partial charge on any atom is 0.308 e. The summed E-state index contributed by atoms with van der Waals surface area (Å²) in [6.07, 6.45) is 4.65. The summed E-state index contributed by atoms with van der Waals surface area (Å²) in [4.78, 5) is 42.5. The van der Waals surface area contributed by atoms with Crippen molar-refractivity contribution in [1.82, 2.24) is 14.8 Å². The van der Waals surface area contributed by atoms with Gasteiger partial charge < -0.3 is 19.5 Å². The lowest BCUT2D eigenvalue weighted by atomic mass is 9.89. The number of hydrogen-bond donors (Lipinski definition) is 1. The van der Waals surface area contributed by atoms with Gasteiger partial charge in [0.05, 0.1) is 25.0 Å². The van der Waals surface area contributed by atoms with Gasteiger partial charge in [-0.15, -0.1) is 0 Å². The van der Waals surface area contributed by atoms with E-state index in [2.05, 4.69) is 10.2 Å². The molecular formula is C36H45F2N3O4. The van der Waals surface area contributed by atoms with Crippen LogP contribution in [0.1, 0.15) is 77.9 Å². The van der Waals surface area contributed by atoms with E-state index in [1.807, 2.05) is 20.2 Å². The second-order valence-electron chi connectivity index (χ2n) is 12.7. The lowest BCUT2D eigenvalue weighted by Crippen LogP contribution is -2.38. The topological polar surface area (TPSA) is 80.6 Å². The van der Waals surface area contributed by atoms with Gasteiger partial charge in [0.15, 0.2) is 0 Å². The molecule has 1 saturated carbocycles. The minimum absolute atomic E-state index is 0.132. The summed E-state index contributed by atoms with van der Waals surface area (Å²) in [6, 6.07) is 6.93. The standard InChI is InChI=1S/C36H45F2N3O4/c1-8-45-32(42)19-31(30-18-26(13-23(4)34(30)38)33-21(2)14-27(37)15-22(33)3)39-35(43)28(16-24-9-10-24)29-17-25(11-12-40(5)6)20-41(7)36(29)44/h13-15,17-18,20,24,28,31H,8-12,16,19H2,1-7H3,(H,39,43)/t28?,31-/m0/s1. The van der Waals surface area contributed by atoms with E-state index in [-0.39, 0.29) is 30.0 Å². The number of aromatic nitrogens is 1. The molecule has 2 aromatic carbocycles. The third kappa shape index (κ3) is 8.45. The zero-order valence-corrected chi connectivity index (χ0v) is 27.4. The molecule has 1 heterocycles. The van der Waals surface area contributed by atoms with Crippen LogP contribution in [0.4, 0.5) is 8.78 Å². The Balaban J connectivity index is 1.78. The predicted octanol–water partition coefficient (Wildman–Crippen LogP) is 6.05. The Labute approximate surface area is 264 Å². The van der Waals surface area contributed by atoms with Gasteiger partial charge in [-0.25, -0.2) is 8.78 Å². The van der Waals surface area contributed by atoms with Gasteiger partial charge in [-0.05, 0) is 124 Å². The minimum Gasteiger partial charge on any atom is -0.466 e. The number of nitrogens with one attached hydrogen (secondary N) is 1. The highest BCUT2D eigenvalue weighted by Crippen LogP contribution is 2.39. The van der Waals surface area contributed by atoms with Gasteiger partial charge in [-0.3, -0.25) is 14.4 Å². The number of amides is 1. The Kier molecular flexibility index (Phi) is 11.0. The molecule has 0 saturated heterocycles. The van der Waals surface area contributed by atoms with E-state index in [0.717, 1.165) is 30.5 Å². The van der Waals surface area contributed by atoms with E-state index < -0.39 is 29.7 Å². The molecule has 45 heavy (non-hydrogen) atoms. The largest absolute Gasteiger partial charge is 0.466 e. The van der Waals surface area contributed by atoms with Crippen molar-refractivity contribution in [3.05, 3.63) is 91.9 Å². The molecule has 1 aliphatic rings. The average Bonchev–Trinajstić information content (AvgIpc) is 3.77.